The van der Waals surface area contributed by atoms with Crippen LogP contribution in [-0.2, 0) is 27.2 Å². The summed E-state index contributed by atoms with van der Waals surface area (Å²) in [6, 6.07) is 16.0. The van der Waals surface area contributed by atoms with Crippen molar-refractivity contribution in [2.24, 2.45) is 5.92 Å². The normalized spacial score (nSPS) is 17.2. The summed E-state index contributed by atoms with van der Waals surface area (Å²) in [5, 5.41) is 15.5. The van der Waals surface area contributed by atoms with E-state index in [4.69, 9.17) is 9.47 Å². The maximum atomic E-state index is 13.4. The fourth-order valence-corrected chi connectivity index (χ4v) is 4.80. The van der Waals surface area contributed by atoms with Gasteiger partial charge in [0, 0.05) is 44.6 Å². The van der Waals surface area contributed by atoms with E-state index in [9.17, 15) is 19.6 Å². The molecule has 2 heterocycles. The number of ketones is 1. The predicted molar refractivity (Wildman–Crippen MR) is 138 cm³/mol. The minimum atomic E-state index is -1.09. The number of nitrogens with one attached hydrogen (secondary N) is 2. The molecule has 1 saturated heterocycles. The zero-order valence-electron chi connectivity index (χ0n) is 21.6. The Morgan fingerprint density at radius 2 is 1.81 bits per heavy atom. The molecule has 2 aromatic rings. The number of nitrogens with zero attached hydrogens (tertiary/aromatic N) is 1. The van der Waals surface area contributed by atoms with Gasteiger partial charge in [-0.05, 0) is 61.6 Å². The Balaban J connectivity index is 1.42. The molecule has 0 spiro atoms. The highest BCUT2D eigenvalue weighted by molar-refractivity contribution is 5.99. The number of amides is 2. The van der Waals surface area contributed by atoms with Crippen molar-refractivity contribution >= 4 is 17.8 Å². The lowest BCUT2D eigenvalue weighted by Crippen LogP contribution is -2.58. The molecule has 4 rings (SSSR count). The molecule has 1 fully saturated rings. The molecule has 0 bridgehead atoms. The average Bonchev–Trinajstić information content (AvgIpc) is 3.23. The predicted octanol–water partition coefficient (Wildman–Crippen LogP) is 4.31. The van der Waals surface area contributed by atoms with Gasteiger partial charge in [-0.15, -0.1) is 0 Å². The number of rotatable bonds is 7. The third-order valence-electron chi connectivity index (χ3n) is 6.79. The molecule has 0 aliphatic carbocycles. The topological polar surface area (TPSA) is 118 Å². The third-order valence-corrected chi connectivity index (χ3v) is 6.79. The zero-order chi connectivity index (χ0) is 26.6. The second-order valence-corrected chi connectivity index (χ2v) is 10.7. The van der Waals surface area contributed by atoms with Crippen LogP contribution >= 0.6 is 0 Å². The zero-order valence-corrected chi connectivity index (χ0v) is 21.6. The van der Waals surface area contributed by atoms with Crippen LogP contribution in [0.4, 0.5) is 4.79 Å². The average molecular weight is 504 g/mol. The standard InChI is InChI=1S/C29H33N3O5/c1-28(2,3)37-27(35)32-29(10-12-36-13-11-29)25(33)15-20(17-30)14-19-4-6-21(7-5-19)22-8-9-24-23(16-22)18-31-26(24)34/h4-9,16,20H,10-15,18H2,1-3H3,(H,31,34)(H,32,35)/t20-/m1/s1. The van der Waals surface area contributed by atoms with E-state index in [0.717, 1.165) is 22.3 Å². The maximum Gasteiger partial charge on any atom is 0.408 e. The summed E-state index contributed by atoms with van der Waals surface area (Å²) in [6.07, 6.45) is 0.502. The summed E-state index contributed by atoms with van der Waals surface area (Å²) in [7, 11) is 0. The number of alkyl carbamates (subject to hydrolysis) is 1. The minimum Gasteiger partial charge on any atom is -0.444 e. The lowest BCUT2D eigenvalue weighted by Gasteiger charge is -2.37. The van der Waals surface area contributed by atoms with E-state index in [0.29, 0.717) is 44.6 Å². The van der Waals surface area contributed by atoms with E-state index < -0.39 is 23.2 Å². The van der Waals surface area contributed by atoms with Crippen molar-refractivity contribution in [1.82, 2.24) is 10.6 Å². The van der Waals surface area contributed by atoms with Gasteiger partial charge in [-0.25, -0.2) is 4.79 Å². The Morgan fingerprint density at radius 3 is 2.46 bits per heavy atom. The van der Waals surface area contributed by atoms with Gasteiger partial charge in [-0.1, -0.05) is 30.3 Å². The van der Waals surface area contributed by atoms with Crippen LogP contribution in [0.25, 0.3) is 11.1 Å². The maximum absolute atomic E-state index is 13.4. The number of fused-ring (bicyclic) bond motifs is 1. The Hall–Kier alpha value is -3.70. The quantitative estimate of drug-likeness (QED) is 0.581. The molecular formula is C29H33N3O5. The van der Waals surface area contributed by atoms with Gasteiger partial charge >= 0.3 is 6.09 Å². The van der Waals surface area contributed by atoms with Crippen molar-refractivity contribution in [3.8, 4) is 17.2 Å². The first-order valence-electron chi connectivity index (χ1n) is 12.6. The van der Waals surface area contributed by atoms with E-state index in [1.807, 2.05) is 42.5 Å². The number of nitriles is 1. The number of Topliss-reactive ketones (excluding diaryl/α,β-unsaturated/α-hetero) is 1. The SMILES string of the molecule is CC(C)(C)OC(=O)NC1(C(=O)C[C@H](C#N)Cc2ccc(-c3ccc4c(c3)CNC4=O)cc2)CCOCC1. The molecule has 2 aliphatic heterocycles. The van der Waals surface area contributed by atoms with Crippen LogP contribution in [0.15, 0.2) is 42.5 Å². The van der Waals surface area contributed by atoms with E-state index >= 15 is 0 Å². The van der Waals surface area contributed by atoms with Crippen LogP contribution in [-0.4, -0.2) is 42.1 Å². The summed E-state index contributed by atoms with van der Waals surface area (Å²) in [5.41, 5.74) is 2.89. The first-order chi connectivity index (χ1) is 17.6. The van der Waals surface area contributed by atoms with Gasteiger partial charge in [-0.3, -0.25) is 9.59 Å². The van der Waals surface area contributed by atoms with Crippen molar-refractivity contribution in [3.63, 3.8) is 0 Å². The van der Waals surface area contributed by atoms with Crippen molar-refractivity contribution in [1.29, 1.82) is 5.26 Å². The lowest BCUT2D eigenvalue weighted by atomic mass is 9.80. The highest BCUT2D eigenvalue weighted by Gasteiger charge is 2.42. The van der Waals surface area contributed by atoms with E-state index in [1.165, 1.54) is 0 Å². The van der Waals surface area contributed by atoms with Gasteiger partial charge in [0.15, 0.2) is 5.78 Å². The van der Waals surface area contributed by atoms with E-state index in [2.05, 4.69) is 16.7 Å². The smallest absolute Gasteiger partial charge is 0.408 e. The van der Waals surface area contributed by atoms with Crippen LogP contribution in [0.5, 0.6) is 0 Å². The highest BCUT2D eigenvalue weighted by Crippen LogP contribution is 2.28. The Morgan fingerprint density at radius 1 is 1.14 bits per heavy atom. The first-order valence-corrected chi connectivity index (χ1v) is 12.6. The molecule has 2 aliphatic rings. The molecule has 0 unspecified atom stereocenters. The Kier molecular flexibility index (Phi) is 7.65. The van der Waals surface area contributed by atoms with Crippen LogP contribution in [0.1, 0.15) is 61.5 Å². The monoisotopic (exact) mass is 503 g/mol. The lowest BCUT2D eigenvalue weighted by molar-refractivity contribution is -0.130. The minimum absolute atomic E-state index is 0.0277. The largest absolute Gasteiger partial charge is 0.444 e. The van der Waals surface area contributed by atoms with Crippen molar-refractivity contribution in [2.45, 2.75) is 64.1 Å². The second kappa shape index (κ2) is 10.7. The number of carbonyl (C=O) groups excluding carboxylic acids is 3. The molecule has 194 valence electrons. The molecule has 2 amide bonds. The fourth-order valence-electron chi connectivity index (χ4n) is 4.80. The summed E-state index contributed by atoms with van der Waals surface area (Å²) in [4.78, 5) is 37.7. The molecular weight excluding hydrogens is 470 g/mol. The first kappa shape index (κ1) is 26.4. The molecule has 0 aromatic heterocycles. The van der Waals surface area contributed by atoms with Crippen LogP contribution in [0, 0.1) is 17.2 Å². The third kappa shape index (κ3) is 6.36. The number of ether oxygens (including phenoxy) is 2. The Bertz CT molecular complexity index is 1220. The van der Waals surface area contributed by atoms with Crippen LogP contribution < -0.4 is 10.6 Å². The van der Waals surface area contributed by atoms with Gasteiger partial charge in [0.2, 0.25) is 0 Å². The van der Waals surface area contributed by atoms with E-state index in [1.54, 1.807) is 20.8 Å². The van der Waals surface area contributed by atoms with Gasteiger partial charge in [0.25, 0.3) is 5.91 Å². The van der Waals surface area contributed by atoms with Crippen LogP contribution in [0.2, 0.25) is 0 Å². The molecule has 37 heavy (non-hydrogen) atoms. The molecule has 8 heteroatoms. The molecule has 0 saturated carbocycles. The fraction of sp³-hybridized carbons (Fsp3) is 0.448. The summed E-state index contributed by atoms with van der Waals surface area (Å²) in [5.74, 6) is -0.750. The number of benzene rings is 2. The summed E-state index contributed by atoms with van der Waals surface area (Å²) in [6.45, 7) is 6.55. The summed E-state index contributed by atoms with van der Waals surface area (Å²) >= 11 is 0. The number of carbonyl (C=O) groups is 3. The number of hydrogen-bond donors (Lipinski definition) is 2. The van der Waals surface area contributed by atoms with Crippen LogP contribution in [0.3, 0.4) is 0 Å². The molecule has 0 radical (unpaired) electrons. The molecule has 2 N–H and O–H groups in total. The summed E-state index contributed by atoms with van der Waals surface area (Å²) < 4.78 is 10.8. The van der Waals surface area contributed by atoms with Crippen molar-refractivity contribution < 1.29 is 23.9 Å². The van der Waals surface area contributed by atoms with Crippen molar-refractivity contribution in [3.05, 3.63) is 59.2 Å². The molecule has 8 nitrogen and oxygen atoms in total. The van der Waals surface area contributed by atoms with E-state index in [-0.39, 0.29) is 18.1 Å². The van der Waals surface area contributed by atoms with Gasteiger partial charge in [0.1, 0.15) is 11.1 Å². The number of hydrogen-bond acceptors (Lipinski definition) is 6. The Labute approximate surface area is 217 Å². The molecule has 2 aromatic carbocycles. The van der Waals surface area contributed by atoms with Gasteiger partial charge in [0.05, 0.1) is 12.0 Å². The molecule has 1 atom stereocenters. The van der Waals surface area contributed by atoms with Gasteiger partial charge < -0.3 is 20.1 Å². The highest BCUT2D eigenvalue weighted by atomic mass is 16.6. The second-order valence-electron chi connectivity index (χ2n) is 10.7. The van der Waals surface area contributed by atoms with Crippen molar-refractivity contribution in [2.75, 3.05) is 13.2 Å². The van der Waals surface area contributed by atoms with Gasteiger partial charge in [-0.2, -0.15) is 5.26 Å².